The predicted molar refractivity (Wildman–Crippen MR) is 131 cm³/mol. The van der Waals surface area contributed by atoms with Crippen LogP contribution < -0.4 is 9.73 Å². The maximum atomic E-state index is 13.4. The molecule has 0 aliphatic rings. The van der Waals surface area contributed by atoms with Crippen LogP contribution >= 0.6 is 15.9 Å². The van der Waals surface area contributed by atoms with Crippen LogP contribution in [0.1, 0.15) is 23.6 Å². The third kappa shape index (κ3) is 5.63. The highest BCUT2D eigenvalue weighted by Gasteiger charge is 2.27. The van der Waals surface area contributed by atoms with Gasteiger partial charge in [-0.25, -0.2) is 13.8 Å². The van der Waals surface area contributed by atoms with Crippen LogP contribution in [0.15, 0.2) is 87.3 Å². The Morgan fingerprint density at radius 2 is 1.69 bits per heavy atom. The summed E-state index contributed by atoms with van der Waals surface area (Å²) in [5, 5.41) is 4.14. The number of carbonyl (C=O) groups excluding carboxylic acids is 1. The van der Waals surface area contributed by atoms with Crippen LogP contribution in [0.25, 0.3) is 0 Å². The monoisotopic (exact) mass is 513 g/mol. The summed E-state index contributed by atoms with van der Waals surface area (Å²) in [7, 11) is -3.96. The minimum Gasteiger partial charge on any atom is -0.271 e. The summed E-state index contributed by atoms with van der Waals surface area (Å²) in [6, 6.07) is 20.9. The van der Waals surface area contributed by atoms with E-state index >= 15 is 0 Å². The average Bonchev–Trinajstić information content (AvgIpc) is 2.78. The van der Waals surface area contributed by atoms with Crippen molar-refractivity contribution in [3.63, 3.8) is 0 Å². The van der Waals surface area contributed by atoms with Crippen LogP contribution in [0.5, 0.6) is 0 Å². The van der Waals surface area contributed by atoms with Gasteiger partial charge in [0.15, 0.2) is 0 Å². The van der Waals surface area contributed by atoms with Gasteiger partial charge in [-0.05, 0) is 73.9 Å². The van der Waals surface area contributed by atoms with E-state index in [2.05, 4.69) is 26.5 Å². The Hall–Kier alpha value is -2.97. The van der Waals surface area contributed by atoms with Crippen molar-refractivity contribution >= 4 is 43.3 Å². The van der Waals surface area contributed by atoms with Crippen molar-refractivity contribution < 1.29 is 13.2 Å². The number of aryl methyl sites for hydroxylation is 2. The lowest BCUT2D eigenvalue weighted by molar-refractivity contribution is -0.119. The second-order valence-electron chi connectivity index (χ2n) is 7.34. The zero-order valence-corrected chi connectivity index (χ0v) is 20.4. The molecule has 32 heavy (non-hydrogen) atoms. The number of halogens is 1. The van der Waals surface area contributed by atoms with Crippen molar-refractivity contribution in [1.82, 2.24) is 5.43 Å². The topological polar surface area (TPSA) is 78.8 Å². The highest BCUT2D eigenvalue weighted by Crippen LogP contribution is 2.25. The Balaban J connectivity index is 1.89. The molecule has 0 heterocycles. The van der Waals surface area contributed by atoms with E-state index in [4.69, 9.17) is 0 Å². The summed E-state index contributed by atoms with van der Waals surface area (Å²) in [4.78, 5) is 12.8. The number of anilines is 1. The summed E-state index contributed by atoms with van der Waals surface area (Å²) < 4.78 is 28.7. The van der Waals surface area contributed by atoms with E-state index in [1.54, 1.807) is 37.3 Å². The van der Waals surface area contributed by atoms with E-state index in [0.29, 0.717) is 11.4 Å². The predicted octanol–water partition coefficient (Wildman–Crippen LogP) is 4.80. The quantitative estimate of drug-likeness (QED) is 0.364. The average molecular weight is 514 g/mol. The molecule has 166 valence electrons. The molecule has 0 aromatic heterocycles. The Morgan fingerprint density at radius 1 is 0.969 bits per heavy atom. The van der Waals surface area contributed by atoms with E-state index in [0.717, 1.165) is 25.5 Å². The maximum absolute atomic E-state index is 13.4. The molecule has 0 saturated heterocycles. The summed E-state index contributed by atoms with van der Waals surface area (Å²) in [6.45, 7) is 5.21. The number of hydrogen-bond donors (Lipinski definition) is 1. The van der Waals surface area contributed by atoms with Gasteiger partial charge in [-0.15, -0.1) is 0 Å². The number of rotatable bonds is 7. The molecule has 0 fully saturated rings. The fraction of sp³-hybridized carbons (Fsp3) is 0.167. The number of sulfonamides is 1. The molecule has 0 spiro atoms. The molecule has 0 atom stereocenters. The molecule has 0 radical (unpaired) electrons. The van der Waals surface area contributed by atoms with Gasteiger partial charge in [-0.3, -0.25) is 9.10 Å². The van der Waals surface area contributed by atoms with Gasteiger partial charge in [0.1, 0.15) is 6.54 Å². The van der Waals surface area contributed by atoms with Crippen molar-refractivity contribution in [3.8, 4) is 0 Å². The molecule has 6 nitrogen and oxygen atoms in total. The van der Waals surface area contributed by atoms with Gasteiger partial charge in [0.25, 0.3) is 15.9 Å². The van der Waals surface area contributed by atoms with Gasteiger partial charge in [0.05, 0.1) is 16.3 Å². The lowest BCUT2D eigenvalue weighted by atomic mass is 10.1. The van der Waals surface area contributed by atoms with Crippen molar-refractivity contribution in [1.29, 1.82) is 0 Å². The molecule has 0 unspecified atom stereocenters. The largest absolute Gasteiger partial charge is 0.271 e. The molecule has 3 rings (SSSR count). The fourth-order valence-electron chi connectivity index (χ4n) is 3.01. The lowest BCUT2D eigenvalue weighted by Gasteiger charge is -2.24. The molecule has 3 aromatic carbocycles. The minimum absolute atomic E-state index is 0.111. The maximum Gasteiger partial charge on any atom is 0.264 e. The minimum atomic E-state index is -3.96. The molecule has 0 bridgehead atoms. The normalized spacial score (nSPS) is 11.8. The van der Waals surface area contributed by atoms with Crippen LogP contribution in [0.4, 0.5) is 5.69 Å². The van der Waals surface area contributed by atoms with E-state index in [9.17, 15) is 13.2 Å². The first-order valence-corrected chi connectivity index (χ1v) is 12.2. The standard InChI is InChI=1S/C24H24BrN3O3S/c1-17-12-13-22(14-18(17)2)28(32(30,31)23-10-5-4-6-11-23)16-24(29)27-26-19(3)20-8-7-9-21(25)15-20/h4-15H,16H2,1-3H3,(H,27,29)/b26-19-. The third-order valence-corrected chi connectivity index (χ3v) is 7.27. The zero-order chi connectivity index (χ0) is 23.3. The highest BCUT2D eigenvalue weighted by molar-refractivity contribution is 9.10. The van der Waals surface area contributed by atoms with E-state index < -0.39 is 22.5 Å². The summed E-state index contributed by atoms with van der Waals surface area (Å²) >= 11 is 3.41. The summed E-state index contributed by atoms with van der Waals surface area (Å²) in [6.07, 6.45) is 0. The smallest absolute Gasteiger partial charge is 0.264 e. The number of hydrazone groups is 1. The highest BCUT2D eigenvalue weighted by atomic mass is 79.9. The molecule has 0 saturated carbocycles. The van der Waals surface area contributed by atoms with Gasteiger partial charge in [0, 0.05) is 4.47 Å². The number of benzene rings is 3. The van der Waals surface area contributed by atoms with Crippen molar-refractivity contribution in [2.75, 3.05) is 10.8 Å². The van der Waals surface area contributed by atoms with Gasteiger partial charge in [-0.2, -0.15) is 5.10 Å². The van der Waals surface area contributed by atoms with Gasteiger partial charge in [0.2, 0.25) is 0 Å². The number of hydrogen-bond acceptors (Lipinski definition) is 4. The Labute approximate surface area is 197 Å². The number of carbonyl (C=O) groups is 1. The first-order valence-electron chi connectivity index (χ1n) is 9.92. The molecule has 8 heteroatoms. The molecular formula is C24H24BrN3O3S. The molecule has 1 amide bonds. The van der Waals surface area contributed by atoms with Gasteiger partial charge < -0.3 is 0 Å². The van der Waals surface area contributed by atoms with Gasteiger partial charge in [-0.1, -0.05) is 52.3 Å². The second-order valence-corrected chi connectivity index (χ2v) is 10.1. The fourth-order valence-corrected chi connectivity index (χ4v) is 4.84. The van der Waals surface area contributed by atoms with Crippen LogP contribution in [0, 0.1) is 13.8 Å². The molecule has 3 aromatic rings. The van der Waals surface area contributed by atoms with Crippen molar-refractivity contribution in [2.24, 2.45) is 5.10 Å². The first-order chi connectivity index (χ1) is 15.2. The Kier molecular flexibility index (Phi) is 7.48. The van der Waals surface area contributed by atoms with Crippen LogP contribution in [-0.4, -0.2) is 26.6 Å². The van der Waals surface area contributed by atoms with Crippen molar-refractivity contribution in [3.05, 3.63) is 94.0 Å². The number of amides is 1. The lowest BCUT2D eigenvalue weighted by Crippen LogP contribution is -2.39. The van der Waals surface area contributed by atoms with Crippen molar-refractivity contribution in [2.45, 2.75) is 25.7 Å². The Morgan fingerprint density at radius 3 is 2.34 bits per heavy atom. The number of nitrogens with one attached hydrogen (secondary N) is 1. The van der Waals surface area contributed by atoms with E-state index in [1.165, 1.54) is 12.1 Å². The second kappa shape index (κ2) is 10.1. The number of nitrogens with zero attached hydrogens (tertiary/aromatic N) is 2. The van der Waals surface area contributed by atoms with E-state index in [-0.39, 0.29) is 4.90 Å². The summed E-state index contributed by atoms with van der Waals surface area (Å²) in [5.74, 6) is -0.544. The zero-order valence-electron chi connectivity index (χ0n) is 18.0. The molecule has 1 N–H and O–H groups in total. The van der Waals surface area contributed by atoms with Crippen LogP contribution in [0.3, 0.4) is 0 Å². The summed E-state index contributed by atoms with van der Waals surface area (Å²) in [5.41, 5.74) is 6.29. The molecule has 0 aliphatic heterocycles. The SMILES string of the molecule is C/C(=N/NC(=O)CN(c1ccc(C)c(C)c1)S(=O)(=O)c1ccccc1)c1cccc(Br)c1. The van der Waals surface area contributed by atoms with E-state index in [1.807, 2.05) is 44.2 Å². The molecule has 0 aliphatic carbocycles. The first kappa shape index (κ1) is 23.7. The van der Waals surface area contributed by atoms with Crippen LogP contribution in [0.2, 0.25) is 0 Å². The third-order valence-electron chi connectivity index (χ3n) is 4.99. The Bertz CT molecular complexity index is 1260. The van der Waals surface area contributed by atoms with Crippen LogP contribution in [-0.2, 0) is 14.8 Å². The molecular weight excluding hydrogens is 490 g/mol. The van der Waals surface area contributed by atoms with Gasteiger partial charge >= 0.3 is 0 Å².